The first-order chi connectivity index (χ1) is 13.7. The molecule has 0 spiro atoms. The molecule has 1 aliphatic heterocycles. The molecule has 1 aliphatic rings. The average Bonchev–Trinajstić information content (AvgIpc) is 2.74. The molecule has 0 aromatic heterocycles. The normalized spacial score (nSPS) is 19.3. The van der Waals surface area contributed by atoms with Crippen molar-refractivity contribution in [3.63, 3.8) is 0 Å². The molecule has 3 rings (SSSR count). The van der Waals surface area contributed by atoms with Crippen LogP contribution in [0.5, 0.6) is 0 Å². The van der Waals surface area contributed by atoms with Crippen LogP contribution in [-0.4, -0.2) is 8.80 Å². The maximum atomic E-state index is 13.8. The summed E-state index contributed by atoms with van der Waals surface area (Å²) in [6.07, 6.45) is 9.81. The van der Waals surface area contributed by atoms with E-state index in [1.54, 1.807) is 18.2 Å². The zero-order chi connectivity index (χ0) is 19.8. The van der Waals surface area contributed by atoms with Crippen molar-refractivity contribution in [3.05, 3.63) is 59.4 Å². The number of unbranched alkanes of at least 4 members (excludes halogenated alkanes) is 2. The average molecular weight is 394 g/mol. The maximum Gasteiger partial charge on any atom is 0.141 e. The van der Waals surface area contributed by atoms with Gasteiger partial charge in [0.2, 0.25) is 0 Å². The molecule has 2 aromatic carbocycles. The second kappa shape index (κ2) is 10.6. The fourth-order valence-corrected chi connectivity index (χ4v) is 8.01. The highest BCUT2D eigenvalue weighted by Crippen LogP contribution is 2.31. The molecule has 1 heterocycles. The second-order valence-corrected chi connectivity index (χ2v) is 11.9. The third-order valence-electron chi connectivity index (χ3n) is 6.40. The van der Waals surface area contributed by atoms with Crippen LogP contribution >= 0.6 is 0 Å². The predicted molar refractivity (Wildman–Crippen MR) is 119 cm³/mol. The lowest BCUT2D eigenvalue weighted by Crippen LogP contribution is -2.21. The zero-order valence-electron chi connectivity index (χ0n) is 17.1. The first kappa shape index (κ1) is 20.8. The molecular formula is C25H32FNSi. The summed E-state index contributed by atoms with van der Waals surface area (Å²) >= 11 is 0. The van der Waals surface area contributed by atoms with Crippen LogP contribution in [0.25, 0.3) is 11.1 Å². The van der Waals surface area contributed by atoms with Crippen molar-refractivity contribution in [2.75, 3.05) is 0 Å². The molecule has 0 bridgehead atoms. The van der Waals surface area contributed by atoms with Crippen LogP contribution in [0.4, 0.5) is 4.39 Å². The highest BCUT2D eigenvalue weighted by Gasteiger charge is 2.21. The van der Waals surface area contributed by atoms with Crippen molar-refractivity contribution in [1.29, 1.82) is 5.26 Å². The maximum absolute atomic E-state index is 13.8. The molecule has 148 valence electrons. The number of hydrogen-bond acceptors (Lipinski definition) is 1. The van der Waals surface area contributed by atoms with Gasteiger partial charge in [-0.1, -0.05) is 93.9 Å². The Labute approximate surface area is 171 Å². The Hall–Kier alpha value is -1.92. The molecule has 0 N–H and O–H groups in total. The highest BCUT2D eigenvalue weighted by molar-refractivity contribution is 6.59. The molecule has 0 unspecified atom stereocenters. The van der Waals surface area contributed by atoms with Crippen LogP contribution in [0, 0.1) is 23.1 Å². The predicted octanol–water partition coefficient (Wildman–Crippen LogP) is 7.12. The SMILES string of the molecule is CCCCCC1CC[SiH](CCc2ccc(-c3ccc(C#N)c(F)c3)cc2)CC1. The lowest BCUT2D eigenvalue weighted by Gasteiger charge is -2.27. The molecule has 1 saturated heterocycles. The summed E-state index contributed by atoms with van der Waals surface area (Å²) in [7, 11) is -0.544. The van der Waals surface area contributed by atoms with Crippen LogP contribution in [0.1, 0.15) is 56.6 Å². The van der Waals surface area contributed by atoms with E-state index in [4.69, 9.17) is 5.26 Å². The standard InChI is InChI=1S/C25H32FNSi/c1-2-3-4-5-20-12-15-28(16-13-20)17-14-21-6-8-22(9-7-21)23-10-11-24(19-27)25(26)18-23/h6-11,18,20,28H,2-5,12-17H2,1H3. The monoisotopic (exact) mass is 393 g/mol. The molecule has 0 amide bonds. The van der Waals surface area contributed by atoms with E-state index in [1.807, 2.05) is 12.1 Å². The van der Waals surface area contributed by atoms with Crippen molar-refractivity contribution < 1.29 is 4.39 Å². The Morgan fingerprint density at radius 1 is 1.04 bits per heavy atom. The minimum Gasteiger partial charge on any atom is -0.206 e. The van der Waals surface area contributed by atoms with Gasteiger partial charge in [0.25, 0.3) is 0 Å². The lowest BCUT2D eigenvalue weighted by molar-refractivity contribution is 0.416. The summed E-state index contributed by atoms with van der Waals surface area (Å²) in [6.45, 7) is 2.29. The first-order valence-electron chi connectivity index (χ1n) is 11.0. The van der Waals surface area contributed by atoms with E-state index in [0.29, 0.717) is 0 Å². The minimum atomic E-state index is -0.544. The van der Waals surface area contributed by atoms with Gasteiger partial charge in [0.05, 0.1) is 5.56 Å². The van der Waals surface area contributed by atoms with Gasteiger partial charge in [-0.25, -0.2) is 4.39 Å². The van der Waals surface area contributed by atoms with Crippen LogP contribution in [0.2, 0.25) is 18.1 Å². The zero-order valence-corrected chi connectivity index (χ0v) is 18.2. The van der Waals surface area contributed by atoms with E-state index in [-0.39, 0.29) is 5.56 Å². The van der Waals surface area contributed by atoms with Gasteiger partial charge in [-0.05, 0) is 41.2 Å². The van der Waals surface area contributed by atoms with Crippen LogP contribution < -0.4 is 0 Å². The van der Waals surface area contributed by atoms with Crippen molar-refractivity contribution in [2.45, 2.75) is 70.0 Å². The van der Waals surface area contributed by atoms with Crippen molar-refractivity contribution in [3.8, 4) is 17.2 Å². The Morgan fingerprint density at radius 2 is 1.75 bits per heavy atom. The third kappa shape index (κ3) is 5.79. The molecule has 28 heavy (non-hydrogen) atoms. The molecule has 0 saturated carbocycles. The summed E-state index contributed by atoms with van der Waals surface area (Å²) in [4.78, 5) is 0. The van der Waals surface area contributed by atoms with E-state index in [9.17, 15) is 4.39 Å². The molecule has 3 heteroatoms. The van der Waals surface area contributed by atoms with E-state index in [1.165, 1.54) is 62.6 Å². The van der Waals surface area contributed by atoms with E-state index < -0.39 is 14.6 Å². The lowest BCUT2D eigenvalue weighted by atomic mass is 9.96. The summed E-state index contributed by atoms with van der Waals surface area (Å²) in [5.74, 6) is 0.572. The molecule has 0 aliphatic carbocycles. The molecular weight excluding hydrogens is 361 g/mol. The van der Waals surface area contributed by atoms with Crippen molar-refractivity contribution >= 4 is 8.80 Å². The van der Waals surface area contributed by atoms with E-state index in [0.717, 1.165) is 17.0 Å². The minimum absolute atomic E-state index is 0.102. The van der Waals surface area contributed by atoms with Crippen LogP contribution in [0.3, 0.4) is 0 Å². The van der Waals surface area contributed by atoms with Crippen LogP contribution in [0.15, 0.2) is 42.5 Å². The second-order valence-electron chi connectivity index (χ2n) is 8.42. The fourth-order valence-electron chi connectivity index (χ4n) is 4.51. The Kier molecular flexibility index (Phi) is 7.86. The van der Waals surface area contributed by atoms with Gasteiger partial charge in [0.15, 0.2) is 0 Å². The number of rotatable bonds is 8. The summed E-state index contributed by atoms with van der Waals surface area (Å²) in [5.41, 5.74) is 3.34. The van der Waals surface area contributed by atoms with Gasteiger partial charge in [0.1, 0.15) is 11.9 Å². The fraction of sp³-hybridized carbons (Fsp3) is 0.480. The quantitative estimate of drug-likeness (QED) is 0.346. The van der Waals surface area contributed by atoms with Crippen molar-refractivity contribution in [2.24, 2.45) is 5.92 Å². The van der Waals surface area contributed by atoms with Crippen molar-refractivity contribution in [1.82, 2.24) is 0 Å². The first-order valence-corrected chi connectivity index (χ1v) is 13.4. The number of benzene rings is 2. The highest BCUT2D eigenvalue weighted by atomic mass is 28.3. The molecule has 1 nitrogen and oxygen atoms in total. The Morgan fingerprint density at radius 3 is 2.39 bits per heavy atom. The van der Waals surface area contributed by atoms with Gasteiger partial charge >= 0.3 is 0 Å². The Bertz CT molecular complexity index is 785. The van der Waals surface area contributed by atoms with Gasteiger partial charge in [-0.2, -0.15) is 5.26 Å². The summed E-state index contributed by atoms with van der Waals surface area (Å²) < 4.78 is 13.8. The smallest absolute Gasteiger partial charge is 0.141 e. The topological polar surface area (TPSA) is 23.8 Å². The number of aryl methyl sites for hydroxylation is 1. The largest absolute Gasteiger partial charge is 0.206 e. The van der Waals surface area contributed by atoms with Crippen LogP contribution in [-0.2, 0) is 6.42 Å². The van der Waals surface area contributed by atoms with E-state index >= 15 is 0 Å². The van der Waals surface area contributed by atoms with Gasteiger partial charge < -0.3 is 0 Å². The molecule has 1 fully saturated rings. The van der Waals surface area contributed by atoms with Gasteiger partial charge in [-0.15, -0.1) is 0 Å². The molecule has 0 atom stereocenters. The van der Waals surface area contributed by atoms with Gasteiger partial charge in [-0.3, -0.25) is 0 Å². The number of halogens is 1. The van der Waals surface area contributed by atoms with E-state index in [2.05, 4.69) is 31.2 Å². The molecule has 0 radical (unpaired) electrons. The number of nitriles is 1. The van der Waals surface area contributed by atoms with Gasteiger partial charge in [0, 0.05) is 8.80 Å². The third-order valence-corrected chi connectivity index (χ3v) is 9.81. The number of nitrogens with zero attached hydrogens (tertiary/aromatic N) is 1. The molecule has 2 aromatic rings. The summed E-state index contributed by atoms with van der Waals surface area (Å²) in [5, 5.41) is 8.86. The summed E-state index contributed by atoms with van der Waals surface area (Å²) in [6, 6.07) is 19.8. The Balaban J connectivity index is 1.46. The number of hydrogen-bond donors (Lipinski definition) is 0.